The second-order valence-electron chi connectivity index (χ2n) is 10.4. The Labute approximate surface area is 266 Å². The van der Waals surface area contributed by atoms with Gasteiger partial charge in [-0.25, -0.2) is 9.59 Å². The highest BCUT2D eigenvalue weighted by Gasteiger charge is 2.19. The summed E-state index contributed by atoms with van der Waals surface area (Å²) in [6.45, 7) is 4.69. The summed E-state index contributed by atoms with van der Waals surface area (Å²) in [7, 11) is 0. The zero-order valence-electron chi connectivity index (χ0n) is 26.2. The Morgan fingerprint density at radius 1 is 0.500 bits per heavy atom. The van der Waals surface area contributed by atoms with E-state index in [1.54, 1.807) is 0 Å². The van der Waals surface area contributed by atoms with Crippen LogP contribution in [0.25, 0.3) is 0 Å². The predicted molar refractivity (Wildman–Crippen MR) is 168 cm³/mol. The number of amides is 4. The van der Waals surface area contributed by atoms with E-state index in [1.807, 2.05) is 0 Å². The molecule has 0 unspecified atom stereocenters. The van der Waals surface area contributed by atoms with Gasteiger partial charge in [0.1, 0.15) is 0 Å². The van der Waals surface area contributed by atoms with Gasteiger partial charge in [0, 0.05) is 51.9 Å². The lowest BCUT2D eigenvalue weighted by Crippen LogP contribution is -2.16. The topological polar surface area (TPSA) is 203 Å². The van der Waals surface area contributed by atoms with E-state index in [4.69, 9.17) is 0 Å². The molecule has 2 aromatic rings. The van der Waals surface area contributed by atoms with Gasteiger partial charge in [0.25, 0.3) is 0 Å². The fourth-order valence-electron chi connectivity index (χ4n) is 4.28. The number of rotatable bonds is 15. The zero-order valence-corrected chi connectivity index (χ0v) is 26.2. The summed E-state index contributed by atoms with van der Waals surface area (Å²) in [5.74, 6) is -4.91. The second kappa shape index (κ2) is 18.4. The van der Waals surface area contributed by atoms with Crippen LogP contribution in [-0.2, 0) is 38.2 Å². The average molecular weight is 639 g/mol. The van der Waals surface area contributed by atoms with E-state index in [9.17, 15) is 38.4 Å². The van der Waals surface area contributed by atoms with E-state index >= 15 is 0 Å². The molecule has 4 N–H and O–H groups in total. The van der Waals surface area contributed by atoms with Gasteiger partial charge in [-0.2, -0.15) is 0 Å². The van der Waals surface area contributed by atoms with Crippen molar-refractivity contribution in [2.24, 2.45) is 0 Å². The van der Waals surface area contributed by atoms with Crippen molar-refractivity contribution in [2.45, 2.75) is 79.1 Å². The maximum absolute atomic E-state index is 12.4. The van der Waals surface area contributed by atoms with Gasteiger partial charge in [-0.15, -0.1) is 0 Å². The number of nitrogens with one attached hydrogen (secondary N) is 4. The van der Waals surface area contributed by atoms with Gasteiger partial charge in [-0.1, -0.05) is 25.7 Å². The summed E-state index contributed by atoms with van der Waals surface area (Å²) in [5, 5.41) is 10.4. The van der Waals surface area contributed by atoms with Gasteiger partial charge >= 0.3 is 23.9 Å². The van der Waals surface area contributed by atoms with Crippen LogP contribution in [0.15, 0.2) is 36.4 Å². The fourth-order valence-corrected chi connectivity index (χ4v) is 4.28. The fraction of sp³-hybridized carbons (Fsp3) is 0.375. The van der Waals surface area contributed by atoms with Crippen molar-refractivity contribution in [3.8, 4) is 0 Å². The van der Waals surface area contributed by atoms with Crippen molar-refractivity contribution in [2.75, 3.05) is 21.3 Å². The third-order valence-electron chi connectivity index (χ3n) is 6.20. The van der Waals surface area contributed by atoms with Crippen LogP contribution in [0.4, 0.5) is 22.7 Å². The Balaban J connectivity index is 1.74. The second-order valence-corrected chi connectivity index (χ2v) is 10.4. The molecule has 0 saturated heterocycles. The third-order valence-corrected chi connectivity index (χ3v) is 6.20. The highest BCUT2D eigenvalue weighted by atomic mass is 16.6. The Hall–Kier alpha value is -5.40. The molecule has 0 aliphatic heterocycles. The molecule has 0 fully saturated rings. The number of hydrogen-bond acceptors (Lipinski definition) is 10. The molecule has 0 aromatic heterocycles. The number of anilines is 4. The molecule has 4 amide bonds. The van der Waals surface area contributed by atoms with E-state index in [2.05, 4.69) is 30.7 Å². The van der Waals surface area contributed by atoms with Crippen LogP contribution < -0.4 is 21.3 Å². The quantitative estimate of drug-likeness (QED) is 0.120. The first kappa shape index (κ1) is 36.8. The van der Waals surface area contributed by atoms with E-state index in [-0.39, 0.29) is 47.2 Å². The Morgan fingerprint density at radius 2 is 0.848 bits per heavy atom. The predicted octanol–water partition coefficient (Wildman–Crippen LogP) is 4.71. The Kier molecular flexibility index (Phi) is 14.7. The van der Waals surface area contributed by atoms with Crippen LogP contribution in [-0.4, -0.2) is 47.5 Å². The number of ether oxygens (including phenoxy) is 2. The van der Waals surface area contributed by atoms with Gasteiger partial charge in [-0.05, 0) is 49.2 Å². The van der Waals surface area contributed by atoms with Crippen LogP contribution in [0, 0.1) is 0 Å². The van der Waals surface area contributed by atoms with Crippen molar-refractivity contribution >= 4 is 70.3 Å². The van der Waals surface area contributed by atoms with Crippen molar-refractivity contribution in [1.29, 1.82) is 0 Å². The smallest absolute Gasteiger partial charge is 0.347 e. The maximum atomic E-state index is 12.4. The summed E-state index contributed by atoms with van der Waals surface area (Å²) in [6, 6.07) is 8.56. The number of carbonyl (C=O) groups excluding carboxylic acids is 8. The number of esters is 4. The monoisotopic (exact) mass is 638 g/mol. The lowest BCUT2D eigenvalue weighted by molar-refractivity contribution is -0.136. The molecule has 14 heteroatoms. The molecule has 0 atom stereocenters. The molecule has 0 bridgehead atoms. The normalized spacial score (nSPS) is 10.3. The molecule has 2 rings (SSSR count). The SMILES string of the molecule is CC(=O)Nc1ccc(NC(=O)CCCCCCCCC(=O)Nc2ccc(NC(C)=O)c(C(=O)OC(C)=O)c2)cc1C(=O)OC(C)=O. The van der Waals surface area contributed by atoms with Crippen LogP contribution in [0.2, 0.25) is 0 Å². The number of unbranched alkanes of at least 4 members (excludes halogenated alkanes) is 5. The van der Waals surface area contributed by atoms with E-state index in [0.29, 0.717) is 24.2 Å². The lowest BCUT2D eigenvalue weighted by atomic mass is 10.1. The van der Waals surface area contributed by atoms with Gasteiger partial charge in [0.2, 0.25) is 23.6 Å². The van der Waals surface area contributed by atoms with Gasteiger partial charge in [0.05, 0.1) is 22.5 Å². The molecule has 0 aliphatic rings. The molecular weight excluding hydrogens is 600 g/mol. The van der Waals surface area contributed by atoms with Crippen LogP contribution >= 0.6 is 0 Å². The summed E-state index contributed by atoms with van der Waals surface area (Å²) in [6.07, 6.45) is 5.02. The molecule has 2 aromatic carbocycles. The van der Waals surface area contributed by atoms with Crippen LogP contribution in [0.3, 0.4) is 0 Å². The summed E-state index contributed by atoms with van der Waals surface area (Å²) in [4.78, 5) is 94.6. The number of benzene rings is 2. The van der Waals surface area contributed by atoms with E-state index in [1.165, 1.54) is 50.2 Å². The summed E-state index contributed by atoms with van der Waals surface area (Å²) < 4.78 is 9.23. The first-order valence-corrected chi connectivity index (χ1v) is 14.6. The van der Waals surface area contributed by atoms with Crippen molar-refractivity contribution in [1.82, 2.24) is 0 Å². The third kappa shape index (κ3) is 13.5. The number of hydrogen-bond donors (Lipinski definition) is 4. The average Bonchev–Trinajstić information content (AvgIpc) is 2.94. The molecular formula is C32H38N4O10. The molecule has 246 valence electrons. The molecule has 0 saturated carbocycles. The number of carbonyl (C=O) groups is 8. The molecule has 0 spiro atoms. The molecule has 0 aliphatic carbocycles. The van der Waals surface area contributed by atoms with Gasteiger partial charge in [0.15, 0.2) is 0 Å². The minimum Gasteiger partial charge on any atom is -0.390 e. The maximum Gasteiger partial charge on any atom is 0.347 e. The van der Waals surface area contributed by atoms with Crippen molar-refractivity contribution in [3.63, 3.8) is 0 Å². The Morgan fingerprint density at radius 3 is 1.17 bits per heavy atom. The van der Waals surface area contributed by atoms with Gasteiger partial charge in [-0.3, -0.25) is 28.8 Å². The largest absolute Gasteiger partial charge is 0.390 e. The zero-order chi connectivity index (χ0) is 34.2. The lowest BCUT2D eigenvalue weighted by Gasteiger charge is -2.12. The molecule has 46 heavy (non-hydrogen) atoms. The molecule has 14 nitrogen and oxygen atoms in total. The highest BCUT2D eigenvalue weighted by molar-refractivity contribution is 6.06. The first-order chi connectivity index (χ1) is 21.7. The van der Waals surface area contributed by atoms with Gasteiger partial charge < -0.3 is 30.7 Å². The van der Waals surface area contributed by atoms with Crippen molar-refractivity contribution in [3.05, 3.63) is 47.5 Å². The van der Waals surface area contributed by atoms with E-state index < -0.39 is 35.7 Å². The minimum atomic E-state index is -0.955. The standard InChI is InChI=1S/C32H38N4O10/c1-19(37)33-27-15-13-23(17-25(27)31(43)45-21(3)39)35-29(41)11-9-7-5-6-8-10-12-30(42)36-24-14-16-28(34-20(2)38)26(18-24)32(44)46-22(4)40/h13-18H,5-12H2,1-4H3,(H,33,37)(H,34,38)(H,35,41)(H,36,42). The van der Waals surface area contributed by atoms with Crippen LogP contribution in [0.1, 0.15) is 99.8 Å². The van der Waals surface area contributed by atoms with E-state index in [0.717, 1.165) is 39.5 Å². The summed E-state index contributed by atoms with van der Waals surface area (Å²) >= 11 is 0. The Bertz CT molecular complexity index is 1390. The molecule has 0 radical (unpaired) electrons. The summed E-state index contributed by atoms with van der Waals surface area (Å²) in [5.41, 5.74) is 0.765. The minimum absolute atomic E-state index is 0.0733. The highest BCUT2D eigenvalue weighted by Crippen LogP contribution is 2.24. The van der Waals surface area contributed by atoms with Crippen molar-refractivity contribution < 1.29 is 47.8 Å². The first-order valence-electron chi connectivity index (χ1n) is 14.6. The molecule has 0 heterocycles. The van der Waals surface area contributed by atoms with Crippen LogP contribution in [0.5, 0.6) is 0 Å².